The summed E-state index contributed by atoms with van der Waals surface area (Å²) in [6.07, 6.45) is 2.68. The van der Waals surface area contributed by atoms with Crippen molar-refractivity contribution < 1.29 is 4.74 Å². The molecule has 0 bridgehead atoms. The van der Waals surface area contributed by atoms with E-state index < -0.39 is 0 Å². The minimum atomic E-state index is 0.710. The molecule has 0 heterocycles. The average Bonchev–Trinajstić information content (AvgIpc) is 3.31. The topological polar surface area (TPSA) is 21.3 Å². The summed E-state index contributed by atoms with van der Waals surface area (Å²) in [4.78, 5) is 0. The minimum Gasteiger partial charge on any atom is -0.494 e. The Morgan fingerprint density at radius 3 is 2.10 bits per heavy atom. The zero-order chi connectivity index (χ0) is 13.8. The van der Waals surface area contributed by atoms with E-state index in [1.807, 2.05) is 19.1 Å². The normalized spacial score (nSPS) is 14.2. The Balaban J connectivity index is 1.66. The Morgan fingerprint density at radius 2 is 1.55 bits per heavy atom. The van der Waals surface area contributed by atoms with E-state index in [0.717, 1.165) is 18.3 Å². The average molecular weight is 267 g/mol. The van der Waals surface area contributed by atoms with E-state index in [0.29, 0.717) is 6.61 Å². The molecule has 2 nitrogen and oxygen atoms in total. The molecule has 2 aromatic carbocycles. The molecule has 2 heteroatoms. The molecule has 1 aliphatic rings. The maximum absolute atomic E-state index is 5.47. The first-order valence-corrected chi connectivity index (χ1v) is 7.40. The fraction of sp³-hybridized carbons (Fsp3) is 0.333. The van der Waals surface area contributed by atoms with Gasteiger partial charge in [0.15, 0.2) is 0 Å². The Bertz CT molecular complexity index is 541. The zero-order valence-corrected chi connectivity index (χ0v) is 11.9. The van der Waals surface area contributed by atoms with Crippen LogP contribution in [0.3, 0.4) is 0 Å². The Morgan fingerprint density at radius 1 is 0.950 bits per heavy atom. The molecular formula is C18H21NO. The maximum Gasteiger partial charge on any atom is 0.119 e. The van der Waals surface area contributed by atoms with Crippen LogP contribution in [0.4, 0.5) is 0 Å². The Labute approximate surface area is 120 Å². The molecule has 0 atom stereocenters. The van der Waals surface area contributed by atoms with Crippen LogP contribution < -0.4 is 10.1 Å². The van der Waals surface area contributed by atoms with E-state index in [2.05, 4.69) is 41.7 Å². The van der Waals surface area contributed by atoms with Gasteiger partial charge in [0.05, 0.1) is 6.61 Å². The molecule has 1 aliphatic carbocycles. The van der Waals surface area contributed by atoms with Crippen LogP contribution in [0.15, 0.2) is 48.5 Å². The van der Waals surface area contributed by atoms with Crippen molar-refractivity contribution in [2.75, 3.05) is 6.61 Å². The van der Waals surface area contributed by atoms with Crippen LogP contribution in [0.25, 0.3) is 11.1 Å². The van der Waals surface area contributed by atoms with Crippen molar-refractivity contribution in [2.45, 2.75) is 32.4 Å². The summed E-state index contributed by atoms with van der Waals surface area (Å²) in [6, 6.07) is 17.9. The van der Waals surface area contributed by atoms with Crippen LogP contribution in [0.2, 0.25) is 0 Å². The van der Waals surface area contributed by atoms with E-state index in [1.54, 1.807) is 0 Å². The predicted octanol–water partition coefficient (Wildman–Crippen LogP) is 4.00. The third-order valence-corrected chi connectivity index (χ3v) is 3.62. The van der Waals surface area contributed by atoms with E-state index >= 15 is 0 Å². The lowest BCUT2D eigenvalue weighted by molar-refractivity contribution is 0.340. The molecule has 0 spiro atoms. The van der Waals surface area contributed by atoms with Gasteiger partial charge in [0.2, 0.25) is 0 Å². The quantitative estimate of drug-likeness (QED) is 0.854. The molecule has 0 saturated heterocycles. The summed E-state index contributed by atoms with van der Waals surface area (Å²) < 4.78 is 5.47. The number of hydrogen-bond donors (Lipinski definition) is 1. The molecule has 20 heavy (non-hydrogen) atoms. The molecule has 1 saturated carbocycles. The molecule has 0 aromatic heterocycles. The van der Waals surface area contributed by atoms with Gasteiger partial charge in [-0.05, 0) is 48.6 Å². The molecule has 0 aliphatic heterocycles. The molecule has 1 fully saturated rings. The van der Waals surface area contributed by atoms with Crippen LogP contribution in [0.5, 0.6) is 5.75 Å². The van der Waals surface area contributed by atoms with Gasteiger partial charge in [-0.1, -0.05) is 36.4 Å². The van der Waals surface area contributed by atoms with Gasteiger partial charge < -0.3 is 10.1 Å². The maximum atomic E-state index is 5.47. The summed E-state index contributed by atoms with van der Waals surface area (Å²) in [6.45, 7) is 3.69. The molecule has 104 valence electrons. The van der Waals surface area contributed by atoms with Crippen LogP contribution in [0, 0.1) is 0 Å². The van der Waals surface area contributed by atoms with Crippen LogP contribution in [0.1, 0.15) is 25.3 Å². The first-order valence-electron chi connectivity index (χ1n) is 7.40. The van der Waals surface area contributed by atoms with Crippen molar-refractivity contribution in [3.05, 3.63) is 54.1 Å². The van der Waals surface area contributed by atoms with Gasteiger partial charge in [0, 0.05) is 12.6 Å². The first kappa shape index (κ1) is 13.2. The Hall–Kier alpha value is -1.80. The highest BCUT2D eigenvalue weighted by atomic mass is 16.5. The van der Waals surface area contributed by atoms with Crippen molar-refractivity contribution in [3.8, 4) is 16.9 Å². The molecule has 0 radical (unpaired) electrons. The highest BCUT2D eigenvalue weighted by molar-refractivity contribution is 5.64. The summed E-state index contributed by atoms with van der Waals surface area (Å²) in [7, 11) is 0. The summed E-state index contributed by atoms with van der Waals surface area (Å²) >= 11 is 0. The predicted molar refractivity (Wildman–Crippen MR) is 82.9 cm³/mol. The molecule has 3 rings (SSSR count). The number of hydrogen-bond acceptors (Lipinski definition) is 2. The van der Waals surface area contributed by atoms with Gasteiger partial charge in [-0.2, -0.15) is 0 Å². The lowest BCUT2D eigenvalue weighted by Crippen LogP contribution is -2.14. The fourth-order valence-electron chi connectivity index (χ4n) is 2.27. The molecular weight excluding hydrogens is 246 g/mol. The van der Waals surface area contributed by atoms with Crippen LogP contribution >= 0.6 is 0 Å². The monoisotopic (exact) mass is 267 g/mol. The van der Waals surface area contributed by atoms with Crippen LogP contribution in [-0.4, -0.2) is 12.6 Å². The third kappa shape index (κ3) is 3.40. The molecule has 2 aromatic rings. The second kappa shape index (κ2) is 6.10. The summed E-state index contributed by atoms with van der Waals surface area (Å²) in [5.41, 5.74) is 3.84. The second-order valence-corrected chi connectivity index (χ2v) is 5.31. The number of benzene rings is 2. The van der Waals surface area contributed by atoms with Gasteiger partial charge >= 0.3 is 0 Å². The van der Waals surface area contributed by atoms with E-state index in [-0.39, 0.29) is 0 Å². The highest BCUT2D eigenvalue weighted by Gasteiger charge is 2.19. The minimum absolute atomic E-state index is 0.710. The lowest BCUT2D eigenvalue weighted by Gasteiger charge is -2.07. The Kier molecular flexibility index (Phi) is 4.03. The number of nitrogens with one attached hydrogen (secondary N) is 1. The molecule has 1 N–H and O–H groups in total. The van der Waals surface area contributed by atoms with Crippen molar-refractivity contribution in [1.82, 2.24) is 5.32 Å². The van der Waals surface area contributed by atoms with Gasteiger partial charge in [-0.25, -0.2) is 0 Å². The van der Waals surface area contributed by atoms with Crippen molar-refractivity contribution in [2.24, 2.45) is 0 Å². The van der Waals surface area contributed by atoms with Gasteiger partial charge in [0.1, 0.15) is 5.75 Å². The summed E-state index contributed by atoms with van der Waals surface area (Å²) in [5.74, 6) is 0.932. The van der Waals surface area contributed by atoms with E-state index in [1.165, 1.54) is 29.5 Å². The highest BCUT2D eigenvalue weighted by Crippen LogP contribution is 2.23. The smallest absolute Gasteiger partial charge is 0.119 e. The SMILES string of the molecule is CCOc1ccc(-c2ccc(CNC3CC3)cc2)cc1. The van der Waals surface area contributed by atoms with Gasteiger partial charge in [0.25, 0.3) is 0 Å². The van der Waals surface area contributed by atoms with Crippen LogP contribution in [-0.2, 0) is 6.54 Å². The zero-order valence-electron chi connectivity index (χ0n) is 11.9. The largest absolute Gasteiger partial charge is 0.494 e. The van der Waals surface area contributed by atoms with Crippen molar-refractivity contribution in [3.63, 3.8) is 0 Å². The molecule has 0 unspecified atom stereocenters. The van der Waals surface area contributed by atoms with Crippen molar-refractivity contribution >= 4 is 0 Å². The van der Waals surface area contributed by atoms with Gasteiger partial charge in [-0.3, -0.25) is 0 Å². The van der Waals surface area contributed by atoms with Gasteiger partial charge in [-0.15, -0.1) is 0 Å². The molecule has 0 amide bonds. The number of rotatable bonds is 6. The number of ether oxygens (including phenoxy) is 1. The van der Waals surface area contributed by atoms with E-state index in [4.69, 9.17) is 4.74 Å². The van der Waals surface area contributed by atoms with E-state index in [9.17, 15) is 0 Å². The first-order chi connectivity index (χ1) is 9.85. The standard InChI is InChI=1S/C18H21NO/c1-2-20-18-11-7-16(8-12-18)15-5-3-14(4-6-15)13-19-17-9-10-17/h3-8,11-12,17,19H,2,9-10,13H2,1H3. The van der Waals surface area contributed by atoms with Crippen molar-refractivity contribution in [1.29, 1.82) is 0 Å². The lowest BCUT2D eigenvalue weighted by atomic mass is 10.0. The fourth-order valence-corrected chi connectivity index (χ4v) is 2.27. The third-order valence-electron chi connectivity index (χ3n) is 3.62. The summed E-state index contributed by atoms with van der Waals surface area (Å²) in [5, 5.41) is 3.54. The second-order valence-electron chi connectivity index (χ2n) is 5.31.